The van der Waals surface area contributed by atoms with Crippen LogP contribution in [0.1, 0.15) is 11.4 Å². The van der Waals surface area contributed by atoms with Crippen LogP contribution in [0.15, 0.2) is 62.8 Å². The van der Waals surface area contributed by atoms with Crippen LogP contribution in [0.2, 0.25) is 0 Å². The number of nitrogens with zero attached hydrogens (tertiary/aromatic N) is 4. The van der Waals surface area contributed by atoms with E-state index in [0.717, 1.165) is 0 Å². The lowest BCUT2D eigenvalue weighted by Gasteiger charge is -2.10. The number of ether oxygens (including phenoxy) is 1. The number of hydrogen-bond acceptors (Lipinski definition) is 7. The highest BCUT2D eigenvalue weighted by Gasteiger charge is 2.09. The Morgan fingerprint density at radius 1 is 1.17 bits per heavy atom. The fraction of sp³-hybridized carbons (Fsp3) is 0.200. The van der Waals surface area contributed by atoms with Gasteiger partial charge in [-0.3, -0.25) is 9.48 Å². The molecule has 4 rings (SSSR count). The van der Waals surface area contributed by atoms with Crippen molar-refractivity contribution in [2.45, 2.75) is 26.6 Å². The van der Waals surface area contributed by atoms with Crippen LogP contribution in [-0.4, -0.2) is 24.7 Å². The number of para-hydroxylation sites is 1. The van der Waals surface area contributed by atoms with Crippen molar-refractivity contribution in [3.8, 4) is 11.5 Å². The van der Waals surface area contributed by atoms with E-state index in [9.17, 15) is 14.7 Å². The summed E-state index contributed by atoms with van der Waals surface area (Å²) in [6.45, 7) is 2.82. The molecule has 0 amide bonds. The maximum atomic E-state index is 11.7. The van der Waals surface area contributed by atoms with E-state index < -0.39 is 11.1 Å². The fourth-order valence-corrected chi connectivity index (χ4v) is 2.98. The second-order valence-electron chi connectivity index (χ2n) is 6.49. The van der Waals surface area contributed by atoms with E-state index in [1.165, 1.54) is 12.1 Å². The fourth-order valence-electron chi connectivity index (χ4n) is 2.98. The van der Waals surface area contributed by atoms with E-state index >= 15 is 0 Å². The molecule has 0 fully saturated rings. The van der Waals surface area contributed by atoms with Crippen LogP contribution in [0, 0.1) is 6.92 Å². The first kappa shape index (κ1) is 18.5. The maximum absolute atomic E-state index is 11.7. The van der Waals surface area contributed by atoms with Gasteiger partial charge in [0.05, 0.1) is 29.9 Å². The van der Waals surface area contributed by atoms with Gasteiger partial charge in [0.15, 0.2) is 5.75 Å². The lowest BCUT2D eigenvalue weighted by molar-refractivity contribution is 0.302. The summed E-state index contributed by atoms with van der Waals surface area (Å²) in [5.41, 5.74) is 0.666. The molecule has 1 aromatic carbocycles. The number of pyridine rings is 1. The molecular formula is C20H18N4O5. The van der Waals surface area contributed by atoms with Crippen molar-refractivity contribution in [1.82, 2.24) is 19.6 Å². The van der Waals surface area contributed by atoms with Gasteiger partial charge >= 0.3 is 5.63 Å². The minimum Gasteiger partial charge on any atom is -0.503 e. The Hall–Kier alpha value is -3.88. The minimum absolute atomic E-state index is 0.144. The maximum Gasteiger partial charge on any atom is 0.339 e. The van der Waals surface area contributed by atoms with Crippen molar-refractivity contribution in [2.24, 2.45) is 0 Å². The Balaban J connectivity index is 1.44. The Bertz CT molecular complexity index is 1290. The quantitative estimate of drug-likeness (QED) is 0.497. The Morgan fingerprint density at radius 3 is 2.86 bits per heavy atom. The van der Waals surface area contributed by atoms with Gasteiger partial charge in [-0.2, -0.15) is 0 Å². The molecule has 0 aliphatic carbocycles. The average molecular weight is 394 g/mol. The van der Waals surface area contributed by atoms with Gasteiger partial charge < -0.3 is 18.8 Å². The van der Waals surface area contributed by atoms with Crippen LogP contribution < -0.4 is 15.8 Å². The first-order valence-electron chi connectivity index (χ1n) is 8.95. The Kier molecular flexibility index (Phi) is 4.86. The van der Waals surface area contributed by atoms with Gasteiger partial charge in [-0.1, -0.05) is 17.3 Å². The molecular weight excluding hydrogens is 376 g/mol. The van der Waals surface area contributed by atoms with E-state index in [-0.39, 0.29) is 12.4 Å². The summed E-state index contributed by atoms with van der Waals surface area (Å²) >= 11 is 0. The van der Waals surface area contributed by atoms with Crippen LogP contribution in [-0.2, 0) is 19.7 Å². The summed E-state index contributed by atoms with van der Waals surface area (Å²) in [6, 6.07) is 9.76. The second kappa shape index (κ2) is 7.63. The van der Waals surface area contributed by atoms with Crippen LogP contribution in [0.4, 0.5) is 0 Å². The molecule has 0 saturated carbocycles. The highest BCUT2D eigenvalue weighted by molar-refractivity contribution is 5.82. The molecule has 3 aromatic heterocycles. The molecule has 148 valence electrons. The molecule has 0 bridgehead atoms. The standard InChI is InChI=1S/C20H18N4O5/c1-13-20(27)16(25)6-7-23(13)8-9-24-11-14(21-22-24)12-28-18-10-19(26)29-17-5-3-2-4-15(17)18/h2-7,10-11,27H,8-9,12H2,1H3. The monoisotopic (exact) mass is 394 g/mol. The molecule has 9 nitrogen and oxygen atoms in total. The predicted octanol–water partition coefficient (Wildman–Crippen LogP) is 1.84. The topological polar surface area (TPSA) is 112 Å². The summed E-state index contributed by atoms with van der Waals surface area (Å²) in [4.78, 5) is 23.1. The van der Waals surface area contributed by atoms with Gasteiger partial charge in [0.2, 0.25) is 5.43 Å². The summed E-state index contributed by atoms with van der Waals surface area (Å²) in [5, 5.41) is 18.6. The number of aromatic hydroxyl groups is 1. The number of rotatable bonds is 6. The molecule has 0 aliphatic heterocycles. The molecule has 1 N–H and O–H groups in total. The van der Waals surface area contributed by atoms with Crippen molar-refractivity contribution in [3.63, 3.8) is 0 Å². The van der Waals surface area contributed by atoms with Crippen molar-refractivity contribution in [3.05, 3.63) is 80.8 Å². The molecule has 0 saturated heterocycles. The lowest BCUT2D eigenvalue weighted by Crippen LogP contribution is -2.14. The van der Waals surface area contributed by atoms with Gasteiger partial charge in [-0.25, -0.2) is 4.79 Å². The highest BCUT2D eigenvalue weighted by atomic mass is 16.5. The van der Waals surface area contributed by atoms with Crippen molar-refractivity contribution in [2.75, 3.05) is 0 Å². The van der Waals surface area contributed by atoms with E-state index in [2.05, 4.69) is 10.3 Å². The molecule has 0 radical (unpaired) electrons. The van der Waals surface area contributed by atoms with Crippen LogP contribution in [0.25, 0.3) is 11.0 Å². The van der Waals surface area contributed by atoms with E-state index in [4.69, 9.17) is 9.15 Å². The molecule has 4 aromatic rings. The molecule has 0 spiro atoms. The number of fused-ring (bicyclic) bond motifs is 1. The smallest absolute Gasteiger partial charge is 0.339 e. The lowest BCUT2D eigenvalue weighted by atomic mass is 10.2. The molecule has 0 aliphatic rings. The first-order chi connectivity index (χ1) is 14.0. The molecule has 0 unspecified atom stereocenters. The van der Waals surface area contributed by atoms with Crippen molar-refractivity contribution >= 4 is 11.0 Å². The normalized spacial score (nSPS) is 11.1. The summed E-state index contributed by atoms with van der Waals surface area (Å²) in [5.74, 6) is 0.172. The Morgan fingerprint density at radius 2 is 2.00 bits per heavy atom. The molecule has 9 heteroatoms. The van der Waals surface area contributed by atoms with Gasteiger partial charge in [0, 0.05) is 18.8 Å². The summed E-state index contributed by atoms with van der Waals surface area (Å²) in [7, 11) is 0. The molecule has 3 heterocycles. The second-order valence-corrected chi connectivity index (χ2v) is 6.49. The van der Waals surface area contributed by atoms with E-state index in [1.54, 1.807) is 40.7 Å². The molecule has 0 atom stereocenters. The predicted molar refractivity (Wildman–Crippen MR) is 104 cm³/mol. The van der Waals surface area contributed by atoms with Crippen molar-refractivity contribution < 1.29 is 14.3 Å². The van der Waals surface area contributed by atoms with E-state index in [1.807, 2.05) is 12.1 Å². The first-order valence-corrected chi connectivity index (χ1v) is 8.95. The van der Waals surface area contributed by atoms with Gasteiger partial charge in [0.1, 0.15) is 23.6 Å². The third-order valence-electron chi connectivity index (χ3n) is 4.56. The largest absolute Gasteiger partial charge is 0.503 e. The van der Waals surface area contributed by atoms with Crippen molar-refractivity contribution in [1.29, 1.82) is 0 Å². The van der Waals surface area contributed by atoms with E-state index in [0.29, 0.717) is 41.2 Å². The summed E-state index contributed by atoms with van der Waals surface area (Å²) in [6.07, 6.45) is 3.37. The third kappa shape index (κ3) is 3.88. The van der Waals surface area contributed by atoms with Gasteiger partial charge in [-0.15, -0.1) is 5.10 Å². The number of hydrogen-bond donors (Lipinski definition) is 1. The third-order valence-corrected chi connectivity index (χ3v) is 4.56. The number of aryl methyl sites for hydroxylation is 2. The van der Waals surface area contributed by atoms with Crippen LogP contribution in [0.5, 0.6) is 11.5 Å². The van der Waals surface area contributed by atoms with Crippen LogP contribution in [0.3, 0.4) is 0 Å². The average Bonchev–Trinajstić information content (AvgIpc) is 3.17. The van der Waals surface area contributed by atoms with Gasteiger partial charge in [0.25, 0.3) is 0 Å². The van der Waals surface area contributed by atoms with Crippen LogP contribution >= 0.6 is 0 Å². The zero-order valence-electron chi connectivity index (χ0n) is 15.6. The molecule has 29 heavy (non-hydrogen) atoms. The zero-order chi connectivity index (χ0) is 20.4. The number of aromatic nitrogens is 4. The highest BCUT2D eigenvalue weighted by Crippen LogP contribution is 2.23. The zero-order valence-corrected chi connectivity index (χ0v) is 15.6. The SMILES string of the molecule is Cc1c(O)c(=O)ccn1CCn1cc(COc2cc(=O)oc3ccccc23)nn1. The summed E-state index contributed by atoms with van der Waals surface area (Å²) < 4.78 is 14.3. The number of benzene rings is 1. The minimum atomic E-state index is -0.484. The van der Waals surface area contributed by atoms with Gasteiger partial charge in [-0.05, 0) is 19.1 Å². The Labute approximate surface area is 164 Å².